The van der Waals surface area contributed by atoms with E-state index in [0.29, 0.717) is 17.9 Å². The van der Waals surface area contributed by atoms with E-state index in [9.17, 15) is 0 Å². The highest BCUT2D eigenvalue weighted by Crippen LogP contribution is 2.16. The molecular formula is C17H18N4OS. The molecular weight excluding hydrogens is 308 g/mol. The summed E-state index contributed by atoms with van der Waals surface area (Å²) in [6.07, 6.45) is 1.61. The summed E-state index contributed by atoms with van der Waals surface area (Å²) < 4.78 is 8.06. The lowest BCUT2D eigenvalue weighted by Crippen LogP contribution is -2.13. The van der Waals surface area contributed by atoms with Crippen molar-refractivity contribution in [2.45, 2.75) is 20.1 Å². The van der Waals surface area contributed by atoms with Crippen LogP contribution in [0.15, 0.2) is 54.9 Å². The Labute approximate surface area is 139 Å². The number of hydrogen-bond acceptors (Lipinski definition) is 4. The lowest BCUT2D eigenvalue weighted by molar-refractivity contribution is 0.305. The fraction of sp³-hybridized carbons (Fsp3) is 0.176. The molecule has 3 aromatic rings. The van der Waals surface area contributed by atoms with E-state index < -0.39 is 0 Å². The maximum atomic E-state index is 5.84. The average Bonchev–Trinajstić information content (AvgIpc) is 2.98. The van der Waals surface area contributed by atoms with E-state index in [4.69, 9.17) is 17.0 Å². The highest BCUT2D eigenvalue weighted by atomic mass is 32.1. The van der Waals surface area contributed by atoms with Crippen LogP contribution in [0.4, 0.5) is 0 Å². The molecule has 0 unspecified atom stereocenters. The molecule has 2 aromatic carbocycles. The second kappa shape index (κ2) is 7.11. The highest BCUT2D eigenvalue weighted by Gasteiger charge is 2.00. The van der Waals surface area contributed by atoms with Crippen LogP contribution in [0.3, 0.4) is 0 Å². The number of aromatic nitrogens is 3. The first-order valence-corrected chi connectivity index (χ1v) is 7.75. The molecule has 0 radical (unpaired) electrons. The zero-order valence-corrected chi connectivity index (χ0v) is 13.6. The Bertz CT molecular complexity index is 823. The van der Waals surface area contributed by atoms with Gasteiger partial charge in [-0.1, -0.05) is 36.4 Å². The Hall–Kier alpha value is -2.60. The van der Waals surface area contributed by atoms with Crippen molar-refractivity contribution < 1.29 is 4.74 Å². The first-order chi connectivity index (χ1) is 11.2. The largest absolute Gasteiger partial charge is 0.489 e. The molecule has 3 rings (SSSR count). The summed E-state index contributed by atoms with van der Waals surface area (Å²) in [6, 6.07) is 16.3. The standard InChI is InChI=1S/C17H18N4OS/c1-13-4-2-3-5-15(13)11-22-16-8-6-14(7-9-16)10-19-21-12-18-20-17(21)23/h2-9,12,19H,10-11H2,1H3,(H,20,23). The Balaban J connectivity index is 1.56. The van der Waals surface area contributed by atoms with Gasteiger partial charge in [0.05, 0.1) is 6.54 Å². The van der Waals surface area contributed by atoms with E-state index in [2.05, 4.69) is 34.7 Å². The lowest BCUT2D eigenvalue weighted by atomic mass is 10.1. The first kappa shape index (κ1) is 15.3. The second-order valence-corrected chi connectivity index (χ2v) is 5.61. The second-order valence-electron chi connectivity index (χ2n) is 5.23. The molecule has 1 heterocycles. The van der Waals surface area contributed by atoms with Crippen molar-refractivity contribution in [3.8, 4) is 5.75 Å². The third-order valence-corrected chi connectivity index (χ3v) is 3.87. The van der Waals surface area contributed by atoms with Crippen molar-refractivity contribution in [2.24, 2.45) is 0 Å². The van der Waals surface area contributed by atoms with Crippen LogP contribution in [0.5, 0.6) is 5.75 Å². The van der Waals surface area contributed by atoms with Gasteiger partial charge < -0.3 is 10.2 Å². The summed E-state index contributed by atoms with van der Waals surface area (Å²) in [7, 11) is 0. The molecule has 0 aliphatic carbocycles. The monoisotopic (exact) mass is 326 g/mol. The fourth-order valence-corrected chi connectivity index (χ4v) is 2.34. The minimum absolute atomic E-state index is 0.545. The molecule has 2 N–H and O–H groups in total. The molecule has 0 atom stereocenters. The van der Waals surface area contributed by atoms with Crippen molar-refractivity contribution in [2.75, 3.05) is 5.43 Å². The van der Waals surface area contributed by atoms with Gasteiger partial charge in [0, 0.05) is 0 Å². The Morgan fingerprint density at radius 2 is 1.96 bits per heavy atom. The molecule has 1 aromatic heterocycles. The summed E-state index contributed by atoms with van der Waals surface area (Å²) >= 11 is 5.08. The number of nitrogens with one attached hydrogen (secondary N) is 2. The van der Waals surface area contributed by atoms with E-state index in [0.717, 1.165) is 11.3 Å². The van der Waals surface area contributed by atoms with Crippen LogP contribution in [0.25, 0.3) is 0 Å². The molecule has 0 bridgehead atoms. The van der Waals surface area contributed by atoms with Crippen LogP contribution in [0, 0.1) is 11.7 Å². The van der Waals surface area contributed by atoms with Crippen molar-refractivity contribution in [3.05, 3.63) is 76.3 Å². The Kier molecular flexibility index (Phi) is 4.73. The molecule has 0 aliphatic heterocycles. The number of hydrogen-bond donors (Lipinski definition) is 2. The number of ether oxygens (including phenoxy) is 1. The minimum Gasteiger partial charge on any atom is -0.489 e. The van der Waals surface area contributed by atoms with E-state index in [1.54, 1.807) is 11.0 Å². The van der Waals surface area contributed by atoms with Crippen LogP contribution in [-0.4, -0.2) is 14.9 Å². The van der Waals surface area contributed by atoms with Crippen LogP contribution in [-0.2, 0) is 13.2 Å². The van der Waals surface area contributed by atoms with Crippen LogP contribution < -0.4 is 10.2 Å². The quantitative estimate of drug-likeness (QED) is 0.680. The van der Waals surface area contributed by atoms with Gasteiger partial charge in [0.15, 0.2) is 0 Å². The maximum absolute atomic E-state index is 5.84. The summed E-state index contributed by atoms with van der Waals surface area (Å²) in [5.41, 5.74) is 6.75. The third kappa shape index (κ3) is 3.98. The zero-order chi connectivity index (χ0) is 16.1. The number of H-pyrrole nitrogens is 1. The van der Waals surface area contributed by atoms with Gasteiger partial charge in [-0.25, -0.2) is 4.68 Å². The minimum atomic E-state index is 0.545. The summed E-state index contributed by atoms with van der Waals surface area (Å²) in [5.74, 6) is 0.858. The molecule has 0 fully saturated rings. The number of nitrogens with zero attached hydrogens (tertiary/aromatic N) is 2. The van der Waals surface area contributed by atoms with Gasteiger partial charge in [-0.3, -0.25) is 5.10 Å². The molecule has 6 heteroatoms. The van der Waals surface area contributed by atoms with Gasteiger partial charge in [-0.2, -0.15) is 5.10 Å². The molecule has 0 aliphatic rings. The molecule has 0 saturated carbocycles. The summed E-state index contributed by atoms with van der Waals surface area (Å²) in [4.78, 5) is 0. The molecule has 23 heavy (non-hydrogen) atoms. The SMILES string of the molecule is Cc1ccccc1COc1ccc(CNn2cn[nH]c2=S)cc1. The van der Waals surface area contributed by atoms with Crippen LogP contribution in [0.2, 0.25) is 0 Å². The topological polar surface area (TPSA) is 54.9 Å². The predicted molar refractivity (Wildman–Crippen MR) is 92.4 cm³/mol. The fourth-order valence-electron chi connectivity index (χ4n) is 2.17. The van der Waals surface area contributed by atoms with Gasteiger partial charge in [0.1, 0.15) is 18.7 Å². The Morgan fingerprint density at radius 1 is 1.17 bits per heavy atom. The smallest absolute Gasteiger partial charge is 0.214 e. The van der Waals surface area contributed by atoms with Gasteiger partial charge in [-0.15, -0.1) is 0 Å². The van der Waals surface area contributed by atoms with Crippen molar-refractivity contribution in [1.29, 1.82) is 0 Å². The van der Waals surface area contributed by atoms with Crippen molar-refractivity contribution in [1.82, 2.24) is 14.9 Å². The Morgan fingerprint density at radius 3 is 2.65 bits per heavy atom. The first-order valence-electron chi connectivity index (χ1n) is 7.34. The van der Waals surface area contributed by atoms with E-state index in [1.165, 1.54) is 11.1 Å². The maximum Gasteiger partial charge on any atom is 0.214 e. The van der Waals surface area contributed by atoms with E-state index in [1.807, 2.05) is 36.4 Å². The summed E-state index contributed by atoms with van der Waals surface area (Å²) in [5, 5.41) is 6.56. The van der Waals surface area contributed by atoms with Crippen molar-refractivity contribution >= 4 is 12.2 Å². The highest BCUT2D eigenvalue weighted by molar-refractivity contribution is 7.71. The lowest BCUT2D eigenvalue weighted by Gasteiger charge is -2.10. The average molecular weight is 326 g/mol. The molecule has 0 saturated heterocycles. The number of rotatable bonds is 6. The third-order valence-electron chi connectivity index (χ3n) is 3.58. The summed E-state index contributed by atoms with van der Waals surface area (Å²) in [6.45, 7) is 3.33. The normalized spacial score (nSPS) is 10.5. The molecule has 0 amide bonds. The number of aromatic amines is 1. The molecule has 0 spiro atoms. The van der Waals surface area contributed by atoms with Crippen molar-refractivity contribution in [3.63, 3.8) is 0 Å². The van der Waals surface area contributed by atoms with Gasteiger partial charge in [0.2, 0.25) is 4.77 Å². The molecule has 5 nitrogen and oxygen atoms in total. The van der Waals surface area contributed by atoms with Crippen LogP contribution >= 0.6 is 12.2 Å². The van der Waals surface area contributed by atoms with Gasteiger partial charge >= 0.3 is 0 Å². The molecule has 118 valence electrons. The number of aryl methyl sites for hydroxylation is 1. The van der Waals surface area contributed by atoms with Gasteiger partial charge in [0.25, 0.3) is 0 Å². The zero-order valence-electron chi connectivity index (χ0n) is 12.8. The number of benzene rings is 2. The van der Waals surface area contributed by atoms with Crippen LogP contribution in [0.1, 0.15) is 16.7 Å². The predicted octanol–water partition coefficient (Wildman–Crippen LogP) is 3.57. The van der Waals surface area contributed by atoms with E-state index >= 15 is 0 Å². The van der Waals surface area contributed by atoms with Gasteiger partial charge in [-0.05, 0) is 48.0 Å². The van der Waals surface area contributed by atoms with E-state index in [-0.39, 0.29) is 0 Å².